The van der Waals surface area contributed by atoms with Gasteiger partial charge in [-0.25, -0.2) is 4.39 Å². The summed E-state index contributed by atoms with van der Waals surface area (Å²) in [4.78, 5) is 2.19. The molecule has 1 fully saturated rings. The lowest BCUT2D eigenvalue weighted by molar-refractivity contribution is 0.0866. The maximum absolute atomic E-state index is 13.2. The van der Waals surface area contributed by atoms with Gasteiger partial charge in [0.25, 0.3) is 0 Å². The van der Waals surface area contributed by atoms with E-state index >= 15 is 0 Å². The highest BCUT2D eigenvalue weighted by Crippen LogP contribution is 2.22. The number of hydrogen-bond donors (Lipinski definition) is 0. The van der Waals surface area contributed by atoms with E-state index in [1.54, 1.807) is 0 Å². The number of piperidine rings is 1. The van der Waals surface area contributed by atoms with Crippen molar-refractivity contribution in [3.8, 4) is 0 Å². The Hall–Kier alpha value is -0.110. The molecule has 0 aromatic rings. The van der Waals surface area contributed by atoms with Crippen LogP contribution in [-0.4, -0.2) is 30.7 Å². The van der Waals surface area contributed by atoms with Crippen LogP contribution in [-0.2, 0) is 0 Å². The Morgan fingerprint density at radius 2 is 2.18 bits per heavy atom. The fourth-order valence-electron chi connectivity index (χ4n) is 1.76. The Labute approximate surface area is 68.6 Å². The van der Waals surface area contributed by atoms with Gasteiger partial charge in [-0.1, -0.05) is 20.3 Å². The van der Waals surface area contributed by atoms with E-state index < -0.39 is 6.17 Å². The van der Waals surface area contributed by atoms with Crippen molar-refractivity contribution in [2.75, 3.05) is 19.6 Å². The van der Waals surface area contributed by atoms with Crippen molar-refractivity contribution in [2.24, 2.45) is 5.92 Å². The SMILES string of the molecule is CC[C@@H]1CCN(CC)C[C@@H]1F. The molecule has 0 aliphatic carbocycles. The normalized spacial score (nSPS) is 34.1. The van der Waals surface area contributed by atoms with E-state index in [0.717, 1.165) is 25.9 Å². The zero-order valence-electron chi connectivity index (χ0n) is 7.52. The molecule has 0 bridgehead atoms. The van der Waals surface area contributed by atoms with E-state index in [-0.39, 0.29) is 0 Å². The minimum atomic E-state index is -0.575. The zero-order valence-corrected chi connectivity index (χ0v) is 7.52. The lowest BCUT2D eigenvalue weighted by Crippen LogP contribution is -2.41. The van der Waals surface area contributed by atoms with Crippen molar-refractivity contribution in [1.82, 2.24) is 4.90 Å². The molecule has 0 unspecified atom stereocenters. The Kier molecular flexibility index (Phi) is 3.31. The van der Waals surface area contributed by atoms with Gasteiger partial charge in [-0.2, -0.15) is 0 Å². The van der Waals surface area contributed by atoms with Crippen molar-refractivity contribution in [2.45, 2.75) is 32.9 Å². The van der Waals surface area contributed by atoms with Gasteiger partial charge in [0, 0.05) is 6.54 Å². The van der Waals surface area contributed by atoms with Crippen LogP contribution in [0.1, 0.15) is 26.7 Å². The summed E-state index contributed by atoms with van der Waals surface area (Å²) in [6.45, 7) is 6.93. The third kappa shape index (κ3) is 2.16. The quantitative estimate of drug-likeness (QED) is 0.596. The molecule has 0 spiro atoms. The van der Waals surface area contributed by atoms with Crippen LogP contribution in [0.3, 0.4) is 0 Å². The molecule has 1 aliphatic heterocycles. The van der Waals surface area contributed by atoms with Gasteiger partial charge in [0.15, 0.2) is 0 Å². The molecular weight excluding hydrogens is 141 g/mol. The number of halogens is 1. The lowest BCUT2D eigenvalue weighted by Gasteiger charge is -2.33. The molecule has 1 nitrogen and oxygen atoms in total. The van der Waals surface area contributed by atoms with Crippen LogP contribution < -0.4 is 0 Å². The Bertz CT molecular complexity index is 116. The molecule has 1 rings (SSSR count). The van der Waals surface area contributed by atoms with Crippen LogP contribution in [0, 0.1) is 5.92 Å². The van der Waals surface area contributed by atoms with Crippen molar-refractivity contribution >= 4 is 0 Å². The molecule has 0 saturated carbocycles. The molecule has 0 amide bonds. The highest BCUT2D eigenvalue weighted by atomic mass is 19.1. The summed E-state index contributed by atoms with van der Waals surface area (Å²) in [5.74, 6) is 0.331. The van der Waals surface area contributed by atoms with Gasteiger partial charge in [-0.15, -0.1) is 0 Å². The van der Waals surface area contributed by atoms with Crippen molar-refractivity contribution in [3.05, 3.63) is 0 Å². The first-order chi connectivity index (χ1) is 5.27. The van der Waals surface area contributed by atoms with Gasteiger partial charge < -0.3 is 4.90 Å². The second-order valence-corrected chi connectivity index (χ2v) is 3.37. The average Bonchev–Trinajstić information content (AvgIpc) is 2.04. The van der Waals surface area contributed by atoms with Crippen LogP contribution >= 0.6 is 0 Å². The molecule has 0 aromatic carbocycles. The van der Waals surface area contributed by atoms with Crippen LogP contribution in [0.5, 0.6) is 0 Å². The molecule has 66 valence electrons. The summed E-state index contributed by atoms with van der Waals surface area (Å²) in [7, 11) is 0. The molecule has 1 heterocycles. The third-order valence-electron chi connectivity index (χ3n) is 2.73. The Morgan fingerprint density at radius 3 is 2.64 bits per heavy atom. The third-order valence-corrected chi connectivity index (χ3v) is 2.73. The molecule has 0 N–H and O–H groups in total. The van der Waals surface area contributed by atoms with E-state index in [4.69, 9.17) is 0 Å². The maximum atomic E-state index is 13.2. The first kappa shape index (κ1) is 8.98. The molecule has 1 aliphatic rings. The predicted octanol–water partition coefficient (Wildman–Crippen LogP) is 2.08. The van der Waals surface area contributed by atoms with Crippen LogP contribution in [0.2, 0.25) is 0 Å². The smallest absolute Gasteiger partial charge is 0.116 e. The first-order valence-corrected chi connectivity index (χ1v) is 4.64. The predicted molar refractivity (Wildman–Crippen MR) is 45.4 cm³/mol. The number of alkyl halides is 1. The van der Waals surface area contributed by atoms with Crippen LogP contribution in [0.4, 0.5) is 4.39 Å². The summed E-state index contributed by atoms with van der Waals surface area (Å²) in [6, 6.07) is 0. The molecule has 11 heavy (non-hydrogen) atoms. The van der Waals surface area contributed by atoms with E-state index in [1.807, 2.05) is 0 Å². The summed E-state index contributed by atoms with van der Waals surface area (Å²) in [5, 5.41) is 0. The summed E-state index contributed by atoms with van der Waals surface area (Å²) in [6.07, 6.45) is 1.47. The van der Waals surface area contributed by atoms with Crippen LogP contribution in [0.15, 0.2) is 0 Å². The first-order valence-electron chi connectivity index (χ1n) is 4.64. The minimum Gasteiger partial charge on any atom is -0.301 e. The second-order valence-electron chi connectivity index (χ2n) is 3.37. The molecule has 0 aromatic heterocycles. The molecular formula is C9H18FN. The summed E-state index contributed by atoms with van der Waals surface area (Å²) >= 11 is 0. The highest BCUT2D eigenvalue weighted by molar-refractivity contribution is 4.78. The van der Waals surface area contributed by atoms with Gasteiger partial charge in [0.2, 0.25) is 0 Å². The van der Waals surface area contributed by atoms with Crippen LogP contribution in [0.25, 0.3) is 0 Å². The maximum Gasteiger partial charge on any atom is 0.116 e. The number of likely N-dealkylation sites (tertiary alicyclic amines) is 1. The van der Waals surface area contributed by atoms with Gasteiger partial charge in [-0.05, 0) is 25.4 Å². The largest absolute Gasteiger partial charge is 0.301 e. The topological polar surface area (TPSA) is 3.24 Å². The van der Waals surface area contributed by atoms with Crippen molar-refractivity contribution < 1.29 is 4.39 Å². The summed E-state index contributed by atoms with van der Waals surface area (Å²) in [5.41, 5.74) is 0. The van der Waals surface area contributed by atoms with Gasteiger partial charge in [0.05, 0.1) is 0 Å². The van der Waals surface area contributed by atoms with Gasteiger partial charge >= 0.3 is 0 Å². The monoisotopic (exact) mass is 159 g/mol. The molecule has 1 saturated heterocycles. The zero-order chi connectivity index (χ0) is 8.27. The molecule has 2 heteroatoms. The number of rotatable bonds is 2. The minimum absolute atomic E-state index is 0.331. The van der Waals surface area contributed by atoms with E-state index in [2.05, 4.69) is 18.7 Å². The Balaban J connectivity index is 2.34. The van der Waals surface area contributed by atoms with E-state index in [9.17, 15) is 4.39 Å². The van der Waals surface area contributed by atoms with Crippen molar-refractivity contribution in [1.29, 1.82) is 0 Å². The van der Waals surface area contributed by atoms with E-state index in [0.29, 0.717) is 12.5 Å². The van der Waals surface area contributed by atoms with Gasteiger partial charge in [0.1, 0.15) is 6.17 Å². The fourth-order valence-corrected chi connectivity index (χ4v) is 1.76. The average molecular weight is 159 g/mol. The standard InChI is InChI=1S/C9H18FN/c1-3-8-5-6-11(4-2)7-9(8)10/h8-9H,3-7H2,1-2H3/t8-,9+/m1/s1. The molecule has 0 radical (unpaired) electrons. The lowest BCUT2D eigenvalue weighted by atomic mass is 9.93. The highest BCUT2D eigenvalue weighted by Gasteiger charge is 2.26. The van der Waals surface area contributed by atoms with E-state index in [1.165, 1.54) is 0 Å². The fraction of sp³-hybridized carbons (Fsp3) is 1.00. The summed E-state index contributed by atoms with van der Waals surface area (Å²) < 4.78 is 13.2. The van der Waals surface area contributed by atoms with Gasteiger partial charge in [-0.3, -0.25) is 0 Å². The van der Waals surface area contributed by atoms with Crippen molar-refractivity contribution in [3.63, 3.8) is 0 Å². The number of hydrogen-bond acceptors (Lipinski definition) is 1. The molecule has 2 atom stereocenters. The number of nitrogens with zero attached hydrogens (tertiary/aromatic N) is 1. The second kappa shape index (κ2) is 4.05. The Morgan fingerprint density at radius 1 is 1.45 bits per heavy atom.